The van der Waals surface area contributed by atoms with E-state index in [0.717, 1.165) is 6.42 Å². The zero-order valence-corrected chi connectivity index (χ0v) is 10.2. The third-order valence-corrected chi connectivity index (χ3v) is 4.88. The first-order valence-electron chi connectivity index (χ1n) is 5.51. The minimum atomic E-state index is 0.681. The van der Waals surface area contributed by atoms with Crippen LogP contribution in [-0.2, 0) is 0 Å². The smallest absolute Gasteiger partial charge is 0.0876 e. The average molecular weight is 209 g/mol. The molecule has 0 amide bonds. The molecule has 2 aliphatic heterocycles. The van der Waals surface area contributed by atoms with E-state index in [4.69, 9.17) is 0 Å². The summed E-state index contributed by atoms with van der Waals surface area (Å²) in [6, 6.07) is 0. The van der Waals surface area contributed by atoms with Crippen LogP contribution in [0.25, 0.3) is 0 Å². The number of nitrogens with zero attached hydrogens (tertiary/aromatic N) is 1. The van der Waals surface area contributed by atoms with Gasteiger partial charge in [0.05, 0.1) is 5.37 Å². The lowest BCUT2D eigenvalue weighted by Crippen LogP contribution is -2.51. The first-order chi connectivity index (χ1) is 6.70. The molecule has 0 aliphatic carbocycles. The van der Waals surface area contributed by atoms with Crippen molar-refractivity contribution in [1.29, 1.82) is 0 Å². The van der Waals surface area contributed by atoms with Crippen molar-refractivity contribution in [3.63, 3.8) is 0 Å². The summed E-state index contributed by atoms with van der Waals surface area (Å²) in [5, 5.41) is 0.688. The number of fused-ring (bicyclic) bond motifs is 1. The van der Waals surface area contributed by atoms with E-state index in [1.165, 1.54) is 17.9 Å². The Morgan fingerprint density at radius 2 is 2.14 bits per heavy atom. The Balaban J connectivity index is 2.28. The van der Waals surface area contributed by atoms with Gasteiger partial charge in [0, 0.05) is 23.1 Å². The Kier molecular flexibility index (Phi) is 2.65. The van der Waals surface area contributed by atoms with Crippen molar-refractivity contribution >= 4 is 11.8 Å². The van der Waals surface area contributed by atoms with Gasteiger partial charge in [0.1, 0.15) is 0 Å². The summed E-state index contributed by atoms with van der Waals surface area (Å²) in [5.41, 5.74) is 4.51. The van der Waals surface area contributed by atoms with Gasteiger partial charge in [0.15, 0.2) is 0 Å². The number of rotatable bonds is 2. The Labute approximate surface area is 91.2 Å². The van der Waals surface area contributed by atoms with Gasteiger partial charge in [-0.3, -0.25) is 0 Å². The topological polar surface area (TPSA) is 3.24 Å². The van der Waals surface area contributed by atoms with Gasteiger partial charge < -0.3 is 4.90 Å². The maximum Gasteiger partial charge on any atom is 0.0876 e. The molecule has 1 fully saturated rings. The van der Waals surface area contributed by atoms with Crippen LogP contribution in [0.2, 0.25) is 0 Å². The molecule has 14 heavy (non-hydrogen) atoms. The molecule has 0 aromatic rings. The second-order valence-corrected chi connectivity index (χ2v) is 5.21. The second-order valence-electron chi connectivity index (χ2n) is 4.11. The van der Waals surface area contributed by atoms with E-state index in [1.54, 1.807) is 11.3 Å². The third kappa shape index (κ3) is 1.23. The van der Waals surface area contributed by atoms with E-state index < -0.39 is 0 Å². The van der Waals surface area contributed by atoms with Gasteiger partial charge in [0.2, 0.25) is 0 Å². The number of thioether (sulfide) groups is 1. The van der Waals surface area contributed by atoms with Crippen molar-refractivity contribution in [2.24, 2.45) is 5.92 Å². The van der Waals surface area contributed by atoms with Gasteiger partial charge in [0.25, 0.3) is 0 Å². The standard InChI is InChI=1S/C12H19NS/c1-5-10-7-14-12-8(3)9(4)13(12)11(10)6-2/h8,12H,4-7H2,1-3H3. The Hall–Kier alpha value is -0.370. The van der Waals surface area contributed by atoms with Gasteiger partial charge in [-0.2, -0.15) is 0 Å². The lowest BCUT2D eigenvalue weighted by Gasteiger charge is -2.53. The van der Waals surface area contributed by atoms with Crippen molar-refractivity contribution in [3.8, 4) is 0 Å². The van der Waals surface area contributed by atoms with E-state index >= 15 is 0 Å². The predicted octanol–water partition coefficient (Wildman–Crippen LogP) is 3.60. The Morgan fingerprint density at radius 3 is 2.71 bits per heavy atom. The lowest BCUT2D eigenvalue weighted by molar-refractivity contribution is 0.200. The largest absolute Gasteiger partial charge is 0.336 e. The van der Waals surface area contributed by atoms with Crippen molar-refractivity contribution in [1.82, 2.24) is 4.90 Å². The van der Waals surface area contributed by atoms with Crippen molar-refractivity contribution in [2.75, 3.05) is 5.75 Å². The summed E-state index contributed by atoms with van der Waals surface area (Å²) in [6.45, 7) is 11.0. The van der Waals surface area contributed by atoms with Crippen LogP contribution in [0.15, 0.2) is 23.5 Å². The minimum Gasteiger partial charge on any atom is -0.336 e. The van der Waals surface area contributed by atoms with Crippen molar-refractivity contribution < 1.29 is 0 Å². The third-order valence-electron chi connectivity index (χ3n) is 3.41. The van der Waals surface area contributed by atoms with Crippen LogP contribution >= 0.6 is 11.8 Å². The molecule has 2 aliphatic rings. The van der Waals surface area contributed by atoms with Crippen LogP contribution in [0.4, 0.5) is 0 Å². The Bertz CT molecular complexity index is 293. The molecule has 2 rings (SSSR count). The summed E-state index contributed by atoms with van der Waals surface area (Å²) < 4.78 is 0. The molecular formula is C12H19NS. The van der Waals surface area contributed by atoms with E-state index in [1.807, 2.05) is 0 Å². The molecule has 2 heteroatoms. The van der Waals surface area contributed by atoms with E-state index in [9.17, 15) is 0 Å². The van der Waals surface area contributed by atoms with Crippen LogP contribution in [0.1, 0.15) is 33.6 Å². The molecule has 0 aromatic carbocycles. The second kappa shape index (κ2) is 3.65. The molecule has 0 saturated carbocycles. The molecule has 2 atom stereocenters. The van der Waals surface area contributed by atoms with Crippen LogP contribution in [0.3, 0.4) is 0 Å². The number of hydrogen-bond acceptors (Lipinski definition) is 2. The average Bonchev–Trinajstić information content (AvgIpc) is 2.25. The van der Waals surface area contributed by atoms with E-state index in [0.29, 0.717) is 11.3 Å². The Morgan fingerprint density at radius 1 is 1.43 bits per heavy atom. The summed E-state index contributed by atoms with van der Waals surface area (Å²) in [4.78, 5) is 2.47. The van der Waals surface area contributed by atoms with Gasteiger partial charge in [-0.1, -0.05) is 27.4 Å². The number of allylic oxidation sites excluding steroid dienone is 1. The van der Waals surface area contributed by atoms with Crippen molar-refractivity contribution in [2.45, 2.75) is 39.0 Å². The lowest BCUT2D eigenvalue weighted by atomic mass is 9.93. The van der Waals surface area contributed by atoms with Crippen LogP contribution in [0.5, 0.6) is 0 Å². The summed E-state index contributed by atoms with van der Waals surface area (Å²) >= 11 is 2.08. The molecule has 2 unspecified atom stereocenters. The zero-order valence-electron chi connectivity index (χ0n) is 9.34. The molecule has 0 N–H and O–H groups in total. The molecule has 1 nitrogen and oxygen atoms in total. The maximum atomic E-state index is 4.17. The number of hydrogen-bond donors (Lipinski definition) is 0. The highest BCUT2D eigenvalue weighted by molar-refractivity contribution is 8.00. The minimum absolute atomic E-state index is 0.681. The summed E-state index contributed by atoms with van der Waals surface area (Å²) in [5.74, 6) is 1.92. The van der Waals surface area contributed by atoms with Crippen molar-refractivity contribution in [3.05, 3.63) is 23.5 Å². The monoisotopic (exact) mass is 209 g/mol. The summed E-state index contributed by atoms with van der Waals surface area (Å²) in [6.07, 6.45) is 2.35. The normalized spacial score (nSPS) is 31.6. The molecule has 0 radical (unpaired) electrons. The fourth-order valence-corrected chi connectivity index (χ4v) is 4.00. The summed E-state index contributed by atoms with van der Waals surface area (Å²) in [7, 11) is 0. The first kappa shape index (κ1) is 10.2. The predicted molar refractivity (Wildman–Crippen MR) is 64.0 cm³/mol. The van der Waals surface area contributed by atoms with Crippen LogP contribution < -0.4 is 0 Å². The fraction of sp³-hybridized carbons (Fsp3) is 0.667. The highest BCUT2D eigenvalue weighted by Gasteiger charge is 2.43. The van der Waals surface area contributed by atoms with E-state index in [-0.39, 0.29) is 0 Å². The fourth-order valence-electron chi connectivity index (χ4n) is 2.40. The highest BCUT2D eigenvalue weighted by Crippen LogP contribution is 2.49. The van der Waals surface area contributed by atoms with Crippen LogP contribution in [0, 0.1) is 5.92 Å². The molecule has 0 aromatic heterocycles. The first-order valence-corrected chi connectivity index (χ1v) is 6.56. The van der Waals surface area contributed by atoms with Crippen LogP contribution in [-0.4, -0.2) is 16.0 Å². The molecule has 2 heterocycles. The SMILES string of the molecule is C=C1C(C)C2SCC(CC)=C(CC)N12. The van der Waals surface area contributed by atoms with E-state index in [2.05, 4.69) is 44.0 Å². The van der Waals surface area contributed by atoms with Gasteiger partial charge in [-0.25, -0.2) is 0 Å². The molecule has 78 valence electrons. The molecule has 1 saturated heterocycles. The quantitative estimate of drug-likeness (QED) is 0.683. The molecule has 0 bridgehead atoms. The highest BCUT2D eigenvalue weighted by atomic mass is 32.2. The maximum absolute atomic E-state index is 4.17. The molecular weight excluding hydrogens is 190 g/mol. The molecule has 0 spiro atoms. The van der Waals surface area contributed by atoms with Gasteiger partial charge in [-0.05, 0) is 18.4 Å². The van der Waals surface area contributed by atoms with Gasteiger partial charge >= 0.3 is 0 Å². The zero-order chi connectivity index (χ0) is 10.3. The van der Waals surface area contributed by atoms with Gasteiger partial charge in [-0.15, -0.1) is 11.8 Å².